The predicted octanol–water partition coefficient (Wildman–Crippen LogP) is 5.03. The second-order valence-corrected chi connectivity index (χ2v) is 5.39. The average Bonchev–Trinajstić information content (AvgIpc) is 2.96. The van der Waals surface area contributed by atoms with Crippen LogP contribution in [0.3, 0.4) is 0 Å². The summed E-state index contributed by atoms with van der Waals surface area (Å²) < 4.78 is 10.9. The number of carbonyl (C=O) groups is 1. The molecule has 1 N–H and O–H groups in total. The van der Waals surface area contributed by atoms with Gasteiger partial charge < -0.3 is 14.5 Å². The maximum atomic E-state index is 12.1. The first-order valence-electron chi connectivity index (χ1n) is 6.55. The van der Waals surface area contributed by atoms with E-state index in [4.69, 9.17) is 32.4 Å². The lowest BCUT2D eigenvalue weighted by Gasteiger charge is -2.04. The lowest BCUT2D eigenvalue weighted by Crippen LogP contribution is -2.10. The average molecular weight is 349 g/mol. The molecule has 5 nitrogen and oxygen atoms in total. The van der Waals surface area contributed by atoms with Crippen molar-refractivity contribution in [2.75, 3.05) is 5.32 Å². The normalized spacial score (nSPS) is 10.3. The molecule has 1 amide bonds. The van der Waals surface area contributed by atoms with Crippen molar-refractivity contribution in [1.29, 1.82) is 0 Å². The van der Waals surface area contributed by atoms with Crippen LogP contribution in [0.15, 0.2) is 59.3 Å². The van der Waals surface area contributed by atoms with Crippen molar-refractivity contribution in [3.63, 3.8) is 0 Å². The molecular formula is C16H10Cl2N2O3. The van der Waals surface area contributed by atoms with E-state index < -0.39 is 5.91 Å². The Labute approximate surface area is 141 Å². The van der Waals surface area contributed by atoms with E-state index in [1.807, 2.05) is 0 Å². The van der Waals surface area contributed by atoms with Crippen molar-refractivity contribution in [1.82, 2.24) is 4.98 Å². The fourth-order valence-corrected chi connectivity index (χ4v) is 2.33. The van der Waals surface area contributed by atoms with Crippen molar-refractivity contribution in [2.45, 2.75) is 0 Å². The minimum absolute atomic E-state index is 0.116. The smallest absolute Gasteiger partial charge is 0.291 e. The Balaban J connectivity index is 1.71. The third-order valence-electron chi connectivity index (χ3n) is 2.80. The summed E-state index contributed by atoms with van der Waals surface area (Å²) in [6.45, 7) is 0. The molecule has 3 aromatic rings. The Morgan fingerprint density at radius 2 is 1.74 bits per heavy atom. The molecule has 3 rings (SSSR count). The van der Waals surface area contributed by atoms with Crippen molar-refractivity contribution in [3.8, 4) is 11.7 Å². The summed E-state index contributed by atoms with van der Waals surface area (Å²) in [5, 5.41) is 3.56. The van der Waals surface area contributed by atoms with Crippen LogP contribution in [0, 0.1) is 0 Å². The SMILES string of the molecule is O=C(Nc1ccncc1)c1ccc(Oc2cc(Cl)cc(Cl)c2)o1. The first-order chi connectivity index (χ1) is 11.1. The van der Waals surface area contributed by atoms with Crippen LogP contribution in [0.1, 0.15) is 10.6 Å². The van der Waals surface area contributed by atoms with Crippen molar-refractivity contribution >= 4 is 34.8 Å². The van der Waals surface area contributed by atoms with Crippen LogP contribution >= 0.6 is 23.2 Å². The van der Waals surface area contributed by atoms with Gasteiger partial charge in [-0.2, -0.15) is 0 Å². The first-order valence-corrected chi connectivity index (χ1v) is 7.31. The van der Waals surface area contributed by atoms with Crippen LogP contribution in [-0.4, -0.2) is 10.9 Å². The number of nitrogens with one attached hydrogen (secondary N) is 1. The van der Waals surface area contributed by atoms with Gasteiger partial charge in [-0.1, -0.05) is 23.2 Å². The minimum Gasteiger partial charge on any atom is -0.426 e. The van der Waals surface area contributed by atoms with E-state index in [1.165, 1.54) is 12.1 Å². The predicted molar refractivity (Wildman–Crippen MR) is 87.4 cm³/mol. The number of ether oxygens (including phenoxy) is 1. The number of hydrogen-bond acceptors (Lipinski definition) is 4. The lowest BCUT2D eigenvalue weighted by atomic mass is 10.3. The number of anilines is 1. The number of pyridine rings is 1. The molecule has 0 aliphatic carbocycles. The largest absolute Gasteiger partial charge is 0.426 e. The van der Waals surface area contributed by atoms with E-state index >= 15 is 0 Å². The number of amides is 1. The zero-order valence-electron chi connectivity index (χ0n) is 11.6. The highest BCUT2D eigenvalue weighted by molar-refractivity contribution is 6.34. The molecule has 0 saturated carbocycles. The monoisotopic (exact) mass is 348 g/mol. The molecule has 2 aromatic heterocycles. The van der Waals surface area contributed by atoms with Crippen molar-refractivity contribution in [2.24, 2.45) is 0 Å². The third kappa shape index (κ3) is 4.03. The Morgan fingerprint density at radius 1 is 1.04 bits per heavy atom. The summed E-state index contributed by atoms with van der Waals surface area (Å²) in [6.07, 6.45) is 3.16. The Bertz CT molecular complexity index is 814. The van der Waals surface area contributed by atoms with E-state index in [0.717, 1.165) is 0 Å². The molecule has 0 bridgehead atoms. The summed E-state index contributed by atoms with van der Waals surface area (Å²) >= 11 is 11.8. The van der Waals surface area contributed by atoms with Crippen molar-refractivity contribution < 1.29 is 13.9 Å². The standard InChI is InChI=1S/C16H10Cl2N2O3/c17-10-7-11(18)9-13(8-10)22-15-2-1-14(23-15)16(21)20-12-3-5-19-6-4-12/h1-9H,(H,19,20,21). The molecular weight excluding hydrogens is 339 g/mol. The van der Waals surface area contributed by atoms with Gasteiger partial charge in [-0.15, -0.1) is 0 Å². The third-order valence-corrected chi connectivity index (χ3v) is 3.23. The van der Waals surface area contributed by atoms with Crippen LogP contribution in [0.4, 0.5) is 5.69 Å². The van der Waals surface area contributed by atoms with Gasteiger partial charge in [-0.05, 0) is 36.4 Å². The summed E-state index contributed by atoms with van der Waals surface area (Å²) in [6, 6.07) is 11.2. The summed E-state index contributed by atoms with van der Waals surface area (Å²) in [5.41, 5.74) is 0.616. The van der Waals surface area contributed by atoms with Crippen LogP contribution < -0.4 is 10.1 Å². The van der Waals surface area contributed by atoms with Gasteiger partial charge in [0.15, 0.2) is 5.76 Å². The fourth-order valence-electron chi connectivity index (χ4n) is 1.83. The molecule has 23 heavy (non-hydrogen) atoms. The second-order valence-electron chi connectivity index (χ2n) is 4.52. The number of furan rings is 1. The number of halogens is 2. The van der Waals surface area contributed by atoms with Gasteiger partial charge in [0.2, 0.25) is 0 Å². The minimum atomic E-state index is -0.393. The molecule has 0 atom stereocenters. The van der Waals surface area contributed by atoms with Gasteiger partial charge in [0.1, 0.15) is 5.75 Å². The molecule has 0 saturated heterocycles. The van der Waals surface area contributed by atoms with Crippen molar-refractivity contribution in [3.05, 3.63) is 70.7 Å². The highest BCUT2D eigenvalue weighted by Crippen LogP contribution is 2.29. The molecule has 1 aromatic carbocycles. The number of nitrogens with zero attached hydrogens (tertiary/aromatic N) is 1. The van der Waals surface area contributed by atoms with Gasteiger partial charge in [-0.25, -0.2) is 0 Å². The first kappa shape index (κ1) is 15.4. The number of carbonyl (C=O) groups excluding carboxylic acids is 1. The van der Waals surface area contributed by atoms with Crippen LogP contribution in [-0.2, 0) is 0 Å². The van der Waals surface area contributed by atoms with Crippen LogP contribution in [0.2, 0.25) is 10.0 Å². The number of hydrogen-bond donors (Lipinski definition) is 1. The molecule has 0 unspecified atom stereocenters. The molecule has 0 radical (unpaired) electrons. The quantitative estimate of drug-likeness (QED) is 0.718. The Hall–Kier alpha value is -2.50. The van der Waals surface area contributed by atoms with Crippen LogP contribution in [0.5, 0.6) is 11.7 Å². The van der Waals surface area contributed by atoms with Gasteiger partial charge in [0.25, 0.3) is 11.9 Å². The van der Waals surface area contributed by atoms with Gasteiger partial charge in [-0.3, -0.25) is 9.78 Å². The van der Waals surface area contributed by atoms with E-state index in [2.05, 4.69) is 10.3 Å². The molecule has 2 heterocycles. The zero-order valence-corrected chi connectivity index (χ0v) is 13.1. The highest BCUT2D eigenvalue weighted by Gasteiger charge is 2.13. The van der Waals surface area contributed by atoms with Crippen LogP contribution in [0.25, 0.3) is 0 Å². The van der Waals surface area contributed by atoms with E-state index in [0.29, 0.717) is 21.5 Å². The molecule has 0 aliphatic rings. The number of benzene rings is 1. The Morgan fingerprint density at radius 3 is 2.43 bits per heavy atom. The maximum absolute atomic E-state index is 12.1. The molecule has 0 spiro atoms. The van der Waals surface area contributed by atoms with Gasteiger partial charge in [0, 0.05) is 34.2 Å². The Kier molecular flexibility index (Phi) is 4.50. The van der Waals surface area contributed by atoms with E-state index in [1.54, 1.807) is 42.7 Å². The lowest BCUT2D eigenvalue weighted by molar-refractivity contribution is 0.0992. The molecule has 7 heteroatoms. The second kappa shape index (κ2) is 6.73. The molecule has 0 aliphatic heterocycles. The summed E-state index contributed by atoms with van der Waals surface area (Å²) in [7, 11) is 0. The fraction of sp³-hybridized carbons (Fsp3) is 0. The van der Waals surface area contributed by atoms with E-state index in [9.17, 15) is 4.79 Å². The van der Waals surface area contributed by atoms with Gasteiger partial charge >= 0.3 is 0 Å². The topological polar surface area (TPSA) is 64.4 Å². The molecule has 0 fully saturated rings. The summed E-state index contributed by atoms with van der Waals surface area (Å²) in [5.74, 6) is 0.293. The maximum Gasteiger partial charge on any atom is 0.291 e. The van der Waals surface area contributed by atoms with Gasteiger partial charge in [0.05, 0.1) is 0 Å². The molecule has 116 valence electrons. The number of rotatable bonds is 4. The number of aromatic nitrogens is 1. The van der Waals surface area contributed by atoms with E-state index in [-0.39, 0.29) is 11.7 Å². The zero-order chi connectivity index (χ0) is 16.2. The highest BCUT2D eigenvalue weighted by atomic mass is 35.5. The summed E-state index contributed by atoms with van der Waals surface area (Å²) in [4.78, 5) is 15.9.